The van der Waals surface area contributed by atoms with Gasteiger partial charge in [-0.3, -0.25) is 10.1 Å². The highest BCUT2D eigenvalue weighted by atomic mass is 35.5. The van der Waals surface area contributed by atoms with Gasteiger partial charge in [0.05, 0.1) is 4.92 Å². The number of aryl methyl sites for hydroxylation is 1. The van der Waals surface area contributed by atoms with E-state index in [0.717, 1.165) is 19.4 Å². The second kappa shape index (κ2) is 7.56. The van der Waals surface area contributed by atoms with Gasteiger partial charge >= 0.3 is 0 Å². The maximum Gasteiger partial charge on any atom is 0.289 e. The first kappa shape index (κ1) is 19.1. The van der Waals surface area contributed by atoms with Crippen molar-refractivity contribution in [3.8, 4) is 0 Å². The van der Waals surface area contributed by atoms with Crippen molar-refractivity contribution in [1.29, 1.82) is 0 Å². The molecule has 2 rings (SSSR count). The first-order valence-corrected chi connectivity index (χ1v) is 8.35. The highest BCUT2D eigenvalue weighted by Crippen LogP contribution is 2.32. The van der Waals surface area contributed by atoms with Crippen molar-refractivity contribution in [2.24, 2.45) is 0 Å². The SMILES string of the molecule is Cc1cc([N+](=O)[O-])c(Cl)c(S(=O)(=O)NC2CCCNC2)c1.Cl. The Morgan fingerprint density at radius 2 is 2.14 bits per heavy atom. The largest absolute Gasteiger partial charge is 0.315 e. The fourth-order valence-electron chi connectivity index (χ4n) is 2.28. The summed E-state index contributed by atoms with van der Waals surface area (Å²) in [6, 6.07) is 2.36. The van der Waals surface area contributed by atoms with Gasteiger partial charge in [-0.15, -0.1) is 12.4 Å². The van der Waals surface area contributed by atoms with Crippen molar-refractivity contribution in [3.63, 3.8) is 0 Å². The number of sulfonamides is 1. The van der Waals surface area contributed by atoms with Gasteiger partial charge in [-0.2, -0.15) is 0 Å². The molecule has 7 nitrogen and oxygen atoms in total. The minimum Gasteiger partial charge on any atom is -0.315 e. The van der Waals surface area contributed by atoms with E-state index >= 15 is 0 Å². The van der Waals surface area contributed by atoms with Crippen molar-refractivity contribution in [2.75, 3.05) is 13.1 Å². The zero-order valence-corrected chi connectivity index (χ0v) is 14.2. The van der Waals surface area contributed by atoms with Crippen LogP contribution in [0.15, 0.2) is 17.0 Å². The van der Waals surface area contributed by atoms with Crippen molar-refractivity contribution in [1.82, 2.24) is 10.0 Å². The van der Waals surface area contributed by atoms with Crippen LogP contribution in [0, 0.1) is 17.0 Å². The Balaban J connectivity index is 0.00000242. The molecule has 1 aliphatic rings. The van der Waals surface area contributed by atoms with Gasteiger partial charge in [0.25, 0.3) is 5.69 Å². The Labute approximate surface area is 140 Å². The van der Waals surface area contributed by atoms with E-state index in [9.17, 15) is 18.5 Å². The molecule has 0 saturated carbocycles. The van der Waals surface area contributed by atoms with Crippen molar-refractivity contribution in [3.05, 3.63) is 32.8 Å². The molecule has 0 spiro atoms. The lowest BCUT2D eigenvalue weighted by molar-refractivity contribution is -0.385. The number of nitrogens with one attached hydrogen (secondary N) is 2. The number of nitro groups is 1. The Bertz CT molecular complexity index is 661. The van der Waals surface area contributed by atoms with E-state index in [0.29, 0.717) is 12.1 Å². The number of benzene rings is 1. The maximum atomic E-state index is 12.4. The minimum absolute atomic E-state index is 0. The van der Waals surface area contributed by atoms with Gasteiger partial charge < -0.3 is 5.32 Å². The Morgan fingerprint density at radius 3 is 2.68 bits per heavy atom. The van der Waals surface area contributed by atoms with E-state index in [2.05, 4.69) is 10.0 Å². The van der Waals surface area contributed by atoms with Gasteiger partial charge in [-0.05, 0) is 37.9 Å². The lowest BCUT2D eigenvalue weighted by atomic mass is 10.1. The predicted molar refractivity (Wildman–Crippen MR) is 86.3 cm³/mol. The first-order chi connectivity index (χ1) is 9.81. The average Bonchev–Trinajstić information content (AvgIpc) is 2.41. The molecule has 0 amide bonds. The number of nitro benzene ring substituents is 1. The summed E-state index contributed by atoms with van der Waals surface area (Å²) in [5.74, 6) is 0. The molecule has 1 fully saturated rings. The molecule has 10 heteroatoms. The van der Waals surface area contributed by atoms with E-state index < -0.39 is 20.6 Å². The van der Waals surface area contributed by atoms with Gasteiger partial charge in [0.15, 0.2) is 0 Å². The molecule has 22 heavy (non-hydrogen) atoms. The number of hydrogen-bond acceptors (Lipinski definition) is 5. The minimum atomic E-state index is -3.90. The second-order valence-electron chi connectivity index (χ2n) is 5.02. The molecule has 1 aromatic rings. The Hall–Kier alpha value is -0.930. The third kappa shape index (κ3) is 4.30. The third-order valence-electron chi connectivity index (χ3n) is 3.27. The van der Waals surface area contributed by atoms with Crippen LogP contribution in [0.2, 0.25) is 5.02 Å². The summed E-state index contributed by atoms with van der Waals surface area (Å²) in [7, 11) is -3.90. The van der Waals surface area contributed by atoms with Gasteiger partial charge in [0.1, 0.15) is 9.92 Å². The van der Waals surface area contributed by atoms with Crippen LogP contribution in [0.4, 0.5) is 5.69 Å². The van der Waals surface area contributed by atoms with Crippen molar-refractivity contribution >= 4 is 39.7 Å². The Morgan fingerprint density at radius 1 is 1.45 bits per heavy atom. The van der Waals surface area contributed by atoms with Crippen molar-refractivity contribution in [2.45, 2.75) is 30.7 Å². The maximum absolute atomic E-state index is 12.4. The standard InChI is InChI=1S/C12H16ClN3O4S.ClH/c1-8-5-10(16(17)18)12(13)11(6-8)21(19,20)15-9-3-2-4-14-7-9;/h5-6,9,14-15H,2-4,7H2,1H3;1H. The molecule has 2 N–H and O–H groups in total. The molecule has 0 aromatic heterocycles. The highest BCUT2D eigenvalue weighted by Gasteiger charge is 2.28. The average molecular weight is 370 g/mol. The van der Waals surface area contributed by atoms with Crippen LogP contribution in [0.3, 0.4) is 0 Å². The summed E-state index contributed by atoms with van der Waals surface area (Å²) in [5.41, 5.74) is 0.0621. The molecule has 1 unspecified atom stereocenters. The normalized spacial score (nSPS) is 18.5. The van der Waals surface area contributed by atoms with Crippen LogP contribution in [0.25, 0.3) is 0 Å². The fourth-order valence-corrected chi connectivity index (χ4v) is 4.21. The van der Waals surface area contributed by atoms with E-state index in [4.69, 9.17) is 11.6 Å². The molecule has 0 aliphatic carbocycles. The van der Waals surface area contributed by atoms with E-state index in [-0.39, 0.29) is 28.4 Å². The number of halogens is 2. The van der Waals surface area contributed by atoms with E-state index in [1.807, 2.05) is 0 Å². The Kier molecular flexibility index (Phi) is 6.57. The number of rotatable bonds is 4. The summed E-state index contributed by atoms with van der Waals surface area (Å²) in [6.45, 7) is 2.98. The molecule has 124 valence electrons. The zero-order chi connectivity index (χ0) is 15.6. The van der Waals surface area contributed by atoms with Crippen LogP contribution < -0.4 is 10.0 Å². The summed E-state index contributed by atoms with van der Waals surface area (Å²) >= 11 is 5.90. The van der Waals surface area contributed by atoms with Crippen LogP contribution >= 0.6 is 24.0 Å². The van der Waals surface area contributed by atoms with Gasteiger partial charge in [-0.25, -0.2) is 13.1 Å². The molecule has 1 aliphatic heterocycles. The second-order valence-corrected chi connectivity index (χ2v) is 7.08. The quantitative estimate of drug-likeness (QED) is 0.624. The van der Waals surface area contributed by atoms with Crippen LogP contribution in [-0.2, 0) is 10.0 Å². The van der Waals surface area contributed by atoms with E-state index in [1.54, 1.807) is 6.92 Å². The summed E-state index contributed by atoms with van der Waals surface area (Å²) in [5, 5.41) is 13.7. The highest BCUT2D eigenvalue weighted by molar-refractivity contribution is 7.89. The fraction of sp³-hybridized carbons (Fsp3) is 0.500. The van der Waals surface area contributed by atoms with E-state index in [1.165, 1.54) is 12.1 Å². The zero-order valence-electron chi connectivity index (χ0n) is 11.8. The topological polar surface area (TPSA) is 101 Å². The molecule has 1 heterocycles. The van der Waals surface area contributed by atoms with Gasteiger partial charge in [0, 0.05) is 18.7 Å². The molecule has 1 aromatic carbocycles. The molecular weight excluding hydrogens is 353 g/mol. The summed E-state index contributed by atoms with van der Waals surface area (Å²) in [6.07, 6.45) is 1.59. The molecule has 1 saturated heterocycles. The van der Waals surface area contributed by atoms with Crippen LogP contribution in [0.1, 0.15) is 18.4 Å². The molecular formula is C12H17Cl2N3O4S. The molecule has 1 atom stereocenters. The van der Waals surface area contributed by atoms with Gasteiger partial charge in [-0.1, -0.05) is 11.6 Å². The van der Waals surface area contributed by atoms with Gasteiger partial charge in [0.2, 0.25) is 10.0 Å². The first-order valence-electron chi connectivity index (χ1n) is 6.49. The lowest BCUT2D eigenvalue weighted by Crippen LogP contribution is -2.45. The van der Waals surface area contributed by atoms with Crippen molar-refractivity contribution < 1.29 is 13.3 Å². The summed E-state index contributed by atoms with van der Waals surface area (Å²) < 4.78 is 27.4. The predicted octanol–water partition coefficient (Wildman–Crippen LogP) is 2.01. The van der Waals surface area contributed by atoms with Crippen LogP contribution in [0.5, 0.6) is 0 Å². The third-order valence-corrected chi connectivity index (χ3v) is 5.32. The summed E-state index contributed by atoms with van der Waals surface area (Å²) in [4.78, 5) is 10.0. The van der Waals surface area contributed by atoms with Crippen LogP contribution in [-0.4, -0.2) is 32.5 Å². The lowest BCUT2D eigenvalue weighted by Gasteiger charge is -2.23. The monoisotopic (exact) mass is 369 g/mol. The smallest absolute Gasteiger partial charge is 0.289 e. The number of piperidine rings is 1. The molecule has 0 radical (unpaired) electrons. The number of nitrogens with zero attached hydrogens (tertiary/aromatic N) is 1. The molecule has 0 bridgehead atoms. The number of hydrogen-bond donors (Lipinski definition) is 2.